The van der Waals surface area contributed by atoms with Crippen LogP contribution in [0.25, 0.3) is 10.9 Å². The molecule has 0 fully saturated rings. The zero-order valence-corrected chi connectivity index (χ0v) is 10.5. The number of fused-ring (bicyclic) bond motifs is 1. The highest BCUT2D eigenvalue weighted by atomic mass is 32.2. The lowest BCUT2D eigenvalue weighted by atomic mass is 10.1. The normalized spacial score (nSPS) is 12.8. The molecule has 0 aliphatic rings. The summed E-state index contributed by atoms with van der Waals surface area (Å²) in [6, 6.07) is 7.77. The molecule has 17 heavy (non-hydrogen) atoms. The molecule has 1 aromatic heterocycles. The predicted octanol–water partition coefficient (Wildman–Crippen LogP) is 2.46. The number of aromatic nitrogens is 1. The number of para-hydroxylation sites is 1. The van der Waals surface area contributed by atoms with Crippen LogP contribution in [0.15, 0.2) is 30.5 Å². The number of benzene rings is 1. The highest BCUT2D eigenvalue weighted by Crippen LogP contribution is 2.22. The molecule has 0 saturated heterocycles. The Morgan fingerprint density at radius 3 is 3.00 bits per heavy atom. The number of carbonyl (C=O) groups is 1. The van der Waals surface area contributed by atoms with Crippen LogP contribution in [0.5, 0.6) is 0 Å². The van der Waals surface area contributed by atoms with Gasteiger partial charge in [-0.1, -0.05) is 18.2 Å². The summed E-state index contributed by atoms with van der Waals surface area (Å²) in [5, 5.41) is 9.60. The molecule has 0 radical (unpaired) electrons. The molecule has 2 N–H and O–H groups in total. The Kier molecular flexibility index (Phi) is 3.86. The van der Waals surface area contributed by atoms with E-state index in [4.69, 9.17) is 5.11 Å². The molecule has 0 unspecified atom stereocenters. The number of aliphatic hydroxyl groups excluding tert-OH is 1. The van der Waals surface area contributed by atoms with Gasteiger partial charge in [0.1, 0.15) is 0 Å². The van der Waals surface area contributed by atoms with Crippen LogP contribution in [0.3, 0.4) is 0 Å². The van der Waals surface area contributed by atoms with E-state index >= 15 is 0 Å². The van der Waals surface area contributed by atoms with Crippen LogP contribution < -0.4 is 0 Å². The minimum atomic E-state index is -0.124. The lowest BCUT2D eigenvalue weighted by Gasteiger charge is -2.08. The van der Waals surface area contributed by atoms with Gasteiger partial charge in [-0.05, 0) is 13.0 Å². The topological polar surface area (TPSA) is 53.1 Å². The smallest absolute Gasteiger partial charge is 0.177 e. The molecular formula is C13H15NO2S. The van der Waals surface area contributed by atoms with Gasteiger partial charge in [-0.15, -0.1) is 11.8 Å². The number of thioether (sulfide) groups is 1. The third-order valence-electron chi connectivity index (χ3n) is 2.68. The van der Waals surface area contributed by atoms with E-state index < -0.39 is 0 Å². The minimum absolute atomic E-state index is 0.107. The Morgan fingerprint density at radius 2 is 2.24 bits per heavy atom. The van der Waals surface area contributed by atoms with E-state index in [9.17, 15) is 4.79 Å². The number of aliphatic hydroxyl groups is 1. The summed E-state index contributed by atoms with van der Waals surface area (Å²) in [5.41, 5.74) is 1.72. The van der Waals surface area contributed by atoms with Crippen molar-refractivity contribution in [1.82, 2.24) is 4.98 Å². The maximum atomic E-state index is 12.2. The molecule has 2 aromatic rings. The van der Waals surface area contributed by atoms with E-state index in [1.165, 1.54) is 11.8 Å². The Labute approximate surface area is 104 Å². The molecule has 1 aromatic carbocycles. The lowest BCUT2D eigenvalue weighted by molar-refractivity contribution is 0.0995. The molecular weight excluding hydrogens is 234 g/mol. The second-order valence-corrected chi connectivity index (χ2v) is 5.30. The number of carbonyl (C=O) groups excluding carboxylic acids is 1. The molecule has 0 bridgehead atoms. The fourth-order valence-corrected chi connectivity index (χ4v) is 2.54. The summed E-state index contributed by atoms with van der Waals surface area (Å²) in [6.07, 6.45) is 1.77. The van der Waals surface area contributed by atoms with Crippen LogP contribution in [0.4, 0.5) is 0 Å². The number of hydrogen-bond donors (Lipinski definition) is 2. The third kappa shape index (κ3) is 2.53. The van der Waals surface area contributed by atoms with Gasteiger partial charge in [-0.2, -0.15) is 0 Å². The first-order valence-corrected chi connectivity index (χ1v) is 6.61. The fraction of sp³-hybridized carbons (Fsp3) is 0.308. The number of H-pyrrole nitrogens is 1. The Bertz CT molecular complexity index is 521. The second kappa shape index (κ2) is 5.38. The molecule has 2 rings (SSSR count). The van der Waals surface area contributed by atoms with Crippen LogP contribution in [0.2, 0.25) is 0 Å². The van der Waals surface area contributed by atoms with Crippen molar-refractivity contribution in [3.63, 3.8) is 0 Å². The number of ketones is 1. The maximum absolute atomic E-state index is 12.2. The summed E-state index contributed by atoms with van der Waals surface area (Å²) >= 11 is 1.48. The average Bonchev–Trinajstić information content (AvgIpc) is 2.78. The van der Waals surface area contributed by atoms with Gasteiger partial charge < -0.3 is 10.1 Å². The van der Waals surface area contributed by atoms with Gasteiger partial charge in [0, 0.05) is 28.4 Å². The second-order valence-electron chi connectivity index (χ2n) is 3.85. The van der Waals surface area contributed by atoms with E-state index in [1.807, 2.05) is 31.2 Å². The van der Waals surface area contributed by atoms with Gasteiger partial charge in [-0.25, -0.2) is 0 Å². The van der Waals surface area contributed by atoms with Crippen LogP contribution in [0.1, 0.15) is 17.3 Å². The quantitative estimate of drug-likeness (QED) is 0.800. The summed E-state index contributed by atoms with van der Waals surface area (Å²) in [4.78, 5) is 15.3. The van der Waals surface area contributed by atoms with Crippen LogP contribution in [0, 0.1) is 0 Å². The first kappa shape index (κ1) is 12.2. The molecule has 0 aliphatic heterocycles. The Morgan fingerprint density at radius 1 is 1.47 bits per heavy atom. The van der Waals surface area contributed by atoms with Gasteiger partial charge in [0.25, 0.3) is 0 Å². The minimum Gasteiger partial charge on any atom is -0.396 e. The molecule has 1 heterocycles. The molecule has 0 aliphatic carbocycles. The number of rotatable bonds is 5. The van der Waals surface area contributed by atoms with Crippen molar-refractivity contribution in [2.45, 2.75) is 12.2 Å². The van der Waals surface area contributed by atoms with Crippen molar-refractivity contribution >= 4 is 28.4 Å². The molecule has 3 nitrogen and oxygen atoms in total. The zero-order valence-electron chi connectivity index (χ0n) is 9.64. The van der Waals surface area contributed by atoms with Crippen LogP contribution >= 0.6 is 11.8 Å². The third-order valence-corrected chi connectivity index (χ3v) is 3.82. The van der Waals surface area contributed by atoms with Crippen molar-refractivity contribution < 1.29 is 9.90 Å². The molecule has 0 amide bonds. The fourth-order valence-electron chi connectivity index (χ4n) is 1.80. The summed E-state index contributed by atoms with van der Waals surface area (Å²) in [6.45, 7) is 1.99. The average molecular weight is 249 g/mol. The number of nitrogens with one attached hydrogen (secondary N) is 1. The van der Waals surface area contributed by atoms with Crippen molar-refractivity contribution in [2.75, 3.05) is 12.4 Å². The van der Waals surface area contributed by atoms with Gasteiger partial charge >= 0.3 is 0 Å². The van der Waals surface area contributed by atoms with Gasteiger partial charge in [-0.3, -0.25) is 4.79 Å². The van der Waals surface area contributed by atoms with Crippen LogP contribution in [-0.4, -0.2) is 33.5 Å². The number of Topliss-reactive ketones (excluding diaryl/α,β-unsaturated/α-hetero) is 1. The highest BCUT2D eigenvalue weighted by molar-refractivity contribution is 8.00. The van der Waals surface area contributed by atoms with Gasteiger partial charge in [0.2, 0.25) is 0 Å². The van der Waals surface area contributed by atoms with Crippen molar-refractivity contribution in [3.05, 3.63) is 36.0 Å². The summed E-state index contributed by atoms with van der Waals surface area (Å²) in [7, 11) is 0. The van der Waals surface area contributed by atoms with Crippen molar-refractivity contribution in [2.24, 2.45) is 0 Å². The van der Waals surface area contributed by atoms with Gasteiger partial charge in [0.15, 0.2) is 5.78 Å². The van der Waals surface area contributed by atoms with Crippen molar-refractivity contribution in [3.8, 4) is 0 Å². The van der Waals surface area contributed by atoms with E-state index in [-0.39, 0.29) is 17.6 Å². The van der Waals surface area contributed by atoms with Crippen LogP contribution in [-0.2, 0) is 0 Å². The zero-order chi connectivity index (χ0) is 12.3. The van der Waals surface area contributed by atoms with Crippen molar-refractivity contribution in [1.29, 1.82) is 0 Å². The Hall–Kier alpha value is -1.26. The SMILES string of the molecule is C[C@H](SCCO)C(=O)c1c[nH]c2ccccc12. The highest BCUT2D eigenvalue weighted by Gasteiger charge is 2.18. The predicted molar refractivity (Wildman–Crippen MR) is 71.6 cm³/mol. The lowest BCUT2D eigenvalue weighted by Crippen LogP contribution is -2.14. The molecule has 0 spiro atoms. The van der Waals surface area contributed by atoms with Gasteiger partial charge in [0.05, 0.1) is 11.9 Å². The first-order chi connectivity index (χ1) is 8.24. The van der Waals surface area contributed by atoms with E-state index in [0.29, 0.717) is 5.75 Å². The van der Waals surface area contributed by atoms with E-state index in [2.05, 4.69) is 4.98 Å². The summed E-state index contributed by atoms with van der Waals surface area (Å²) in [5.74, 6) is 0.704. The first-order valence-electron chi connectivity index (χ1n) is 5.57. The van der Waals surface area contributed by atoms with E-state index in [0.717, 1.165) is 16.5 Å². The monoisotopic (exact) mass is 249 g/mol. The standard InChI is InChI=1S/C13H15NO2S/c1-9(17-7-6-15)13(16)11-8-14-12-5-3-2-4-10(11)12/h2-5,8-9,14-15H,6-7H2,1H3/t9-/m0/s1. The summed E-state index contributed by atoms with van der Waals surface area (Å²) < 4.78 is 0. The molecule has 0 saturated carbocycles. The number of hydrogen-bond acceptors (Lipinski definition) is 3. The molecule has 1 atom stereocenters. The molecule has 90 valence electrons. The van der Waals surface area contributed by atoms with E-state index in [1.54, 1.807) is 6.20 Å². The maximum Gasteiger partial charge on any atom is 0.177 e. The Balaban J connectivity index is 2.24. The largest absolute Gasteiger partial charge is 0.396 e. The number of aromatic amines is 1. The molecule has 4 heteroatoms.